The van der Waals surface area contributed by atoms with Crippen molar-refractivity contribution < 1.29 is 4.79 Å². The van der Waals surface area contributed by atoms with Gasteiger partial charge >= 0.3 is 0 Å². The molecule has 0 radical (unpaired) electrons. The van der Waals surface area contributed by atoms with Crippen molar-refractivity contribution >= 4 is 39.0 Å². The molecule has 3 heterocycles. The monoisotopic (exact) mass is 431 g/mol. The number of thiophene rings is 1. The van der Waals surface area contributed by atoms with Crippen LogP contribution in [0.1, 0.15) is 23.8 Å². The van der Waals surface area contributed by atoms with E-state index < -0.39 is 0 Å². The maximum absolute atomic E-state index is 13.0. The maximum atomic E-state index is 13.0. The van der Waals surface area contributed by atoms with E-state index in [0.717, 1.165) is 24.1 Å². The van der Waals surface area contributed by atoms with Crippen molar-refractivity contribution in [2.45, 2.75) is 25.4 Å². The first-order chi connectivity index (χ1) is 15.2. The molecular weight excluding hydrogens is 406 g/mol. The quantitative estimate of drug-likeness (QED) is 0.466. The molecule has 0 spiro atoms. The molecular formula is C25H25N3O2S. The average molecular weight is 432 g/mol. The van der Waals surface area contributed by atoms with E-state index in [1.54, 1.807) is 11.3 Å². The highest BCUT2D eigenvalue weighted by Crippen LogP contribution is 2.28. The summed E-state index contributed by atoms with van der Waals surface area (Å²) in [5.41, 5.74) is 1.58. The number of aromatic nitrogens is 1. The molecule has 5 nitrogen and oxygen atoms in total. The summed E-state index contributed by atoms with van der Waals surface area (Å²) in [5.74, 6) is -0.0419. The van der Waals surface area contributed by atoms with Crippen molar-refractivity contribution in [3.8, 4) is 0 Å². The predicted octanol–water partition coefficient (Wildman–Crippen LogP) is 4.17. The van der Waals surface area contributed by atoms with Gasteiger partial charge in [-0.2, -0.15) is 0 Å². The molecule has 2 aromatic heterocycles. The van der Waals surface area contributed by atoms with Gasteiger partial charge in [0.25, 0.3) is 0 Å². The summed E-state index contributed by atoms with van der Waals surface area (Å²) in [7, 11) is 0. The number of fused-ring (bicyclic) bond motifs is 2. The smallest absolute Gasteiger partial charge is 0.240 e. The molecule has 4 aromatic rings. The fourth-order valence-electron chi connectivity index (χ4n) is 4.60. The second-order valence-electron chi connectivity index (χ2n) is 8.03. The topological polar surface area (TPSA) is 54.3 Å². The number of para-hydroxylation sites is 2. The molecule has 31 heavy (non-hydrogen) atoms. The molecule has 1 aliphatic rings. The van der Waals surface area contributed by atoms with Crippen LogP contribution < -0.4 is 10.7 Å². The number of hydrogen-bond donors (Lipinski definition) is 1. The number of likely N-dealkylation sites (tertiary alicyclic amines) is 1. The Kier molecular flexibility index (Phi) is 5.57. The second kappa shape index (κ2) is 8.65. The molecule has 1 fully saturated rings. The summed E-state index contributed by atoms with van der Waals surface area (Å²) in [5, 5.41) is 6.55. The van der Waals surface area contributed by atoms with E-state index in [4.69, 9.17) is 0 Å². The summed E-state index contributed by atoms with van der Waals surface area (Å²) in [6, 6.07) is 19.5. The molecule has 158 valence electrons. The van der Waals surface area contributed by atoms with E-state index in [2.05, 4.69) is 27.7 Å². The van der Waals surface area contributed by atoms with Crippen LogP contribution in [0.4, 0.5) is 0 Å². The first-order valence-electron chi connectivity index (χ1n) is 10.8. The largest absolute Gasteiger partial charge is 0.353 e. The number of nitrogens with zero attached hydrogens (tertiary/aromatic N) is 2. The normalized spacial score (nSPS) is 15.5. The number of rotatable bonds is 6. The Hall–Kier alpha value is -2.96. The summed E-state index contributed by atoms with van der Waals surface area (Å²) < 4.78 is 1.96. The lowest BCUT2D eigenvalue weighted by Gasteiger charge is -2.27. The first-order valence-corrected chi connectivity index (χ1v) is 11.6. The minimum absolute atomic E-state index is 0.00894. The van der Waals surface area contributed by atoms with Crippen LogP contribution in [0, 0.1) is 0 Å². The van der Waals surface area contributed by atoms with Gasteiger partial charge in [-0.05, 0) is 61.6 Å². The van der Waals surface area contributed by atoms with Crippen LogP contribution in [-0.2, 0) is 11.3 Å². The van der Waals surface area contributed by atoms with Gasteiger partial charge in [-0.3, -0.25) is 14.5 Å². The van der Waals surface area contributed by atoms with Gasteiger partial charge < -0.3 is 9.88 Å². The third-order valence-corrected chi connectivity index (χ3v) is 7.10. The first kappa shape index (κ1) is 20.0. The lowest BCUT2D eigenvalue weighted by atomic mass is 10.1. The van der Waals surface area contributed by atoms with Crippen molar-refractivity contribution in [2.75, 3.05) is 19.6 Å². The van der Waals surface area contributed by atoms with Crippen LogP contribution in [0.15, 0.2) is 70.8 Å². The fraction of sp³-hybridized carbons (Fsp3) is 0.280. The number of hydrogen-bond acceptors (Lipinski definition) is 4. The standard InChI is InChI=1S/C25H25N3O2S/c29-24(26-16-22(23-12-7-15-31-23)27-13-5-6-14-27)17-28-20-10-3-1-8-18(20)25(30)19-9-2-4-11-21(19)28/h1-4,7-12,15,22H,5-6,13-14,16-17H2,(H,26,29). The van der Waals surface area contributed by atoms with Gasteiger partial charge in [0, 0.05) is 22.2 Å². The minimum Gasteiger partial charge on any atom is -0.353 e. The zero-order valence-corrected chi connectivity index (χ0v) is 18.1. The van der Waals surface area contributed by atoms with Crippen molar-refractivity contribution in [1.82, 2.24) is 14.8 Å². The summed E-state index contributed by atoms with van der Waals surface area (Å²) >= 11 is 1.75. The van der Waals surface area contributed by atoms with Crippen LogP contribution in [-0.4, -0.2) is 35.0 Å². The number of carbonyl (C=O) groups excluding carboxylic acids is 1. The highest BCUT2D eigenvalue weighted by Gasteiger charge is 2.24. The SMILES string of the molecule is O=C(Cn1c2ccccc2c(=O)c2ccccc21)NCC(c1cccs1)N1CCCC1. The molecule has 1 amide bonds. The van der Waals surface area contributed by atoms with Gasteiger partial charge in [-0.25, -0.2) is 0 Å². The second-order valence-corrected chi connectivity index (χ2v) is 9.01. The number of amides is 1. The van der Waals surface area contributed by atoms with Crippen LogP contribution in [0.3, 0.4) is 0 Å². The number of nitrogens with one attached hydrogen (secondary N) is 1. The molecule has 1 saturated heterocycles. The number of benzene rings is 2. The van der Waals surface area contributed by atoms with Crippen molar-refractivity contribution in [2.24, 2.45) is 0 Å². The van der Waals surface area contributed by atoms with Gasteiger partial charge in [-0.1, -0.05) is 30.3 Å². The fourth-order valence-corrected chi connectivity index (χ4v) is 5.46. The third kappa shape index (κ3) is 3.89. The lowest BCUT2D eigenvalue weighted by Crippen LogP contribution is -2.37. The van der Waals surface area contributed by atoms with Crippen LogP contribution in [0.2, 0.25) is 0 Å². The summed E-state index contributed by atoms with van der Waals surface area (Å²) in [6.45, 7) is 2.93. The van der Waals surface area contributed by atoms with Crippen molar-refractivity contribution in [3.05, 3.63) is 81.1 Å². The molecule has 1 N–H and O–H groups in total. The molecule has 1 aliphatic heterocycles. The number of carbonyl (C=O) groups is 1. The zero-order chi connectivity index (χ0) is 21.2. The Morgan fingerprint density at radius 2 is 1.58 bits per heavy atom. The maximum Gasteiger partial charge on any atom is 0.240 e. The average Bonchev–Trinajstić information content (AvgIpc) is 3.52. The molecule has 5 rings (SSSR count). The molecule has 6 heteroatoms. The molecule has 0 saturated carbocycles. The van der Waals surface area contributed by atoms with E-state index in [9.17, 15) is 9.59 Å². The lowest BCUT2D eigenvalue weighted by molar-refractivity contribution is -0.121. The molecule has 1 atom stereocenters. The van der Waals surface area contributed by atoms with E-state index in [0.29, 0.717) is 17.3 Å². The van der Waals surface area contributed by atoms with Crippen LogP contribution >= 0.6 is 11.3 Å². The van der Waals surface area contributed by atoms with Gasteiger partial charge in [0.05, 0.1) is 17.1 Å². The Morgan fingerprint density at radius 3 is 2.19 bits per heavy atom. The Morgan fingerprint density at radius 1 is 0.935 bits per heavy atom. The molecule has 0 bridgehead atoms. The molecule has 0 aliphatic carbocycles. The molecule has 2 aromatic carbocycles. The number of pyridine rings is 1. The summed E-state index contributed by atoms with van der Waals surface area (Å²) in [6.07, 6.45) is 2.43. The van der Waals surface area contributed by atoms with E-state index in [1.165, 1.54) is 17.7 Å². The highest BCUT2D eigenvalue weighted by molar-refractivity contribution is 7.10. The van der Waals surface area contributed by atoms with Crippen LogP contribution in [0.5, 0.6) is 0 Å². The molecule has 1 unspecified atom stereocenters. The highest BCUT2D eigenvalue weighted by atomic mass is 32.1. The van der Waals surface area contributed by atoms with Gasteiger partial charge in [0.1, 0.15) is 6.54 Å². The van der Waals surface area contributed by atoms with Gasteiger partial charge in [0.15, 0.2) is 5.43 Å². The Labute approximate surface area is 184 Å². The zero-order valence-electron chi connectivity index (χ0n) is 17.3. The minimum atomic E-state index is -0.0419. The van der Waals surface area contributed by atoms with Crippen molar-refractivity contribution in [1.29, 1.82) is 0 Å². The van der Waals surface area contributed by atoms with E-state index in [1.807, 2.05) is 53.1 Å². The van der Waals surface area contributed by atoms with Gasteiger partial charge in [0.2, 0.25) is 5.91 Å². The van der Waals surface area contributed by atoms with Gasteiger partial charge in [-0.15, -0.1) is 11.3 Å². The Balaban J connectivity index is 1.42. The predicted molar refractivity (Wildman–Crippen MR) is 127 cm³/mol. The Bertz CT molecular complexity index is 1210. The van der Waals surface area contributed by atoms with E-state index >= 15 is 0 Å². The third-order valence-electron chi connectivity index (χ3n) is 6.13. The van der Waals surface area contributed by atoms with E-state index in [-0.39, 0.29) is 23.9 Å². The summed E-state index contributed by atoms with van der Waals surface area (Å²) in [4.78, 5) is 29.7. The van der Waals surface area contributed by atoms with Crippen molar-refractivity contribution in [3.63, 3.8) is 0 Å². The van der Waals surface area contributed by atoms with Crippen LogP contribution in [0.25, 0.3) is 21.8 Å².